The molecule has 0 N–H and O–H groups in total. The summed E-state index contributed by atoms with van der Waals surface area (Å²) in [4.78, 5) is 47.0. The lowest BCUT2D eigenvalue weighted by Gasteiger charge is -2.24. The van der Waals surface area contributed by atoms with Gasteiger partial charge in [-0.1, -0.05) is 37.1 Å². The molecule has 0 aliphatic rings. The van der Waals surface area contributed by atoms with E-state index in [-0.39, 0.29) is 23.3 Å². The summed E-state index contributed by atoms with van der Waals surface area (Å²) < 4.78 is 4.59. The lowest BCUT2D eigenvalue weighted by atomic mass is 9.76. The monoisotopic (exact) mass is 374 g/mol. The molecule has 27 heavy (non-hydrogen) atoms. The number of carbonyl (C=O) groups is 4. The van der Waals surface area contributed by atoms with Crippen LogP contribution in [-0.2, 0) is 35.8 Å². The van der Waals surface area contributed by atoms with Crippen LogP contribution in [-0.4, -0.2) is 30.4 Å². The van der Waals surface area contributed by atoms with Crippen molar-refractivity contribution in [2.75, 3.05) is 7.11 Å². The molecule has 1 aromatic rings. The quantitative estimate of drug-likeness (QED) is 0.316. The van der Waals surface area contributed by atoms with Crippen LogP contribution in [0.4, 0.5) is 0 Å². The fourth-order valence-corrected chi connectivity index (χ4v) is 2.97. The molecule has 0 aliphatic heterocycles. The highest BCUT2D eigenvalue weighted by Gasteiger charge is 2.36. The first-order valence-corrected chi connectivity index (χ1v) is 9.41. The van der Waals surface area contributed by atoms with E-state index < -0.39 is 5.41 Å². The summed E-state index contributed by atoms with van der Waals surface area (Å²) in [5.41, 5.74) is 0.403. The molecular formula is C22H30O5. The van der Waals surface area contributed by atoms with Crippen LogP contribution in [0, 0.1) is 0 Å². The van der Waals surface area contributed by atoms with E-state index in [1.165, 1.54) is 21.0 Å². The first kappa shape index (κ1) is 22.7. The molecule has 0 aromatic heterocycles. The zero-order valence-corrected chi connectivity index (χ0v) is 16.8. The van der Waals surface area contributed by atoms with E-state index in [2.05, 4.69) is 4.74 Å². The molecule has 0 fully saturated rings. The number of carbonyl (C=O) groups excluding carboxylic acids is 4. The first-order valence-electron chi connectivity index (χ1n) is 9.41. The largest absolute Gasteiger partial charge is 0.469 e. The van der Waals surface area contributed by atoms with Gasteiger partial charge in [-0.05, 0) is 44.7 Å². The molecule has 0 heterocycles. The highest BCUT2D eigenvalue weighted by Crippen LogP contribution is 2.26. The maximum Gasteiger partial charge on any atom is 0.305 e. The predicted molar refractivity (Wildman–Crippen MR) is 104 cm³/mol. The Labute approximate surface area is 161 Å². The minimum absolute atomic E-state index is 0.164. The first-order chi connectivity index (χ1) is 12.7. The van der Waals surface area contributed by atoms with Crippen molar-refractivity contribution in [1.82, 2.24) is 0 Å². The summed E-state index contributed by atoms with van der Waals surface area (Å²) in [6.45, 7) is 4.48. The summed E-state index contributed by atoms with van der Waals surface area (Å²) in [6, 6.07) is 7.15. The van der Waals surface area contributed by atoms with Crippen LogP contribution >= 0.6 is 0 Å². The van der Waals surface area contributed by atoms with Gasteiger partial charge in [0.1, 0.15) is 22.8 Å². The van der Waals surface area contributed by atoms with Crippen molar-refractivity contribution >= 4 is 23.3 Å². The van der Waals surface area contributed by atoms with Gasteiger partial charge in [-0.3, -0.25) is 19.2 Å². The number of ether oxygens (including phenoxy) is 1. The third kappa shape index (κ3) is 6.74. The topological polar surface area (TPSA) is 77.5 Å². The Balaban J connectivity index is 2.47. The molecule has 0 spiro atoms. The summed E-state index contributed by atoms with van der Waals surface area (Å²) >= 11 is 0. The standard InChI is InChI=1S/C22H30O5/c1-16(23)22(3,17(2)24)19-13-11-18(12-14-19)15-20(25)9-7-5-6-8-10-21(26)27-4/h11-14H,5-10,15H2,1-4H3. The Morgan fingerprint density at radius 1 is 0.852 bits per heavy atom. The van der Waals surface area contributed by atoms with Gasteiger partial charge in [0.2, 0.25) is 0 Å². The minimum Gasteiger partial charge on any atom is -0.469 e. The number of unbranched alkanes of at least 4 members (excludes halogenated alkanes) is 3. The van der Waals surface area contributed by atoms with Crippen LogP contribution in [0.15, 0.2) is 24.3 Å². The lowest BCUT2D eigenvalue weighted by molar-refractivity contribution is -0.140. The maximum atomic E-state index is 12.1. The van der Waals surface area contributed by atoms with Crippen LogP contribution < -0.4 is 0 Å². The van der Waals surface area contributed by atoms with E-state index in [1.54, 1.807) is 19.1 Å². The van der Waals surface area contributed by atoms with Crippen molar-refractivity contribution in [1.29, 1.82) is 0 Å². The van der Waals surface area contributed by atoms with Crippen molar-refractivity contribution in [3.63, 3.8) is 0 Å². The van der Waals surface area contributed by atoms with Crippen LogP contribution in [0.25, 0.3) is 0 Å². The molecule has 5 heteroatoms. The number of rotatable bonds is 12. The molecule has 0 saturated carbocycles. The average molecular weight is 374 g/mol. The number of esters is 1. The molecule has 1 aromatic carbocycles. The van der Waals surface area contributed by atoms with E-state index in [4.69, 9.17) is 0 Å². The van der Waals surface area contributed by atoms with Crippen LogP contribution in [0.3, 0.4) is 0 Å². The Hall–Kier alpha value is -2.30. The van der Waals surface area contributed by atoms with Gasteiger partial charge in [-0.2, -0.15) is 0 Å². The number of ketones is 3. The Morgan fingerprint density at radius 3 is 1.85 bits per heavy atom. The fraction of sp³-hybridized carbons (Fsp3) is 0.545. The number of Topliss-reactive ketones (excluding diaryl/α,β-unsaturated/α-hetero) is 3. The van der Waals surface area contributed by atoms with Crippen molar-refractivity contribution in [2.45, 2.75) is 71.1 Å². The van der Waals surface area contributed by atoms with Crippen LogP contribution in [0.1, 0.15) is 70.4 Å². The summed E-state index contributed by atoms with van der Waals surface area (Å²) in [5.74, 6) is -0.408. The van der Waals surface area contributed by atoms with Gasteiger partial charge in [0, 0.05) is 19.3 Å². The number of hydrogen-bond donors (Lipinski definition) is 0. The van der Waals surface area contributed by atoms with Crippen molar-refractivity contribution in [3.8, 4) is 0 Å². The van der Waals surface area contributed by atoms with E-state index in [0.717, 1.165) is 31.2 Å². The second kappa shape index (κ2) is 10.8. The van der Waals surface area contributed by atoms with E-state index >= 15 is 0 Å². The molecule has 0 atom stereocenters. The summed E-state index contributed by atoms with van der Waals surface area (Å²) in [5, 5.41) is 0. The summed E-state index contributed by atoms with van der Waals surface area (Å²) in [7, 11) is 1.38. The molecule has 148 valence electrons. The number of hydrogen-bond acceptors (Lipinski definition) is 5. The highest BCUT2D eigenvalue weighted by atomic mass is 16.5. The average Bonchev–Trinajstić information content (AvgIpc) is 2.63. The minimum atomic E-state index is -1.13. The van der Waals surface area contributed by atoms with Crippen molar-refractivity contribution in [3.05, 3.63) is 35.4 Å². The van der Waals surface area contributed by atoms with Gasteiger partial charge in [-0.25, -0.2) is 0 Å². The lowest BCUT2D eigenvalue weighted by Crippen LogP contribution is -2.37. The Bertz CT molecular complexity index is 658. The molecule has 5 nitrogen and oxygen atoms in total. The normalized spacial score (nSPS) is 11.1. The molecule has 1 rings (SSSR count). The maximum absolute atomic E-state index is 12.1. The Kier molecular flexibility index (Phi) is 9.06. The third-order valence-corrected chi connectivity index (χ3v) is 5.16. The van der Waals surface area contributed by atoms with E-state index in [1.807, 2.05) is 12.1 Å². The van der Waals surface area contributed by atoms with Gasteiger partial charge in [0.15, 0.2) is 0 Å². The molecule has 0 saturated heterocycles. The molecule has 0 unspecified atom stereocenters. The fourth-order valence-electron chi connectivity index (χ4n) is 2.97. The predicted octanol–water partition coefficient (Wildman–Crippen LogP) is 3.75. The van der Waals surface area contributed by atoms with E-state index in [9.17, 15) is 19.2 Å². The summed E-state index contributed by atoms with van der Waals surface area (Å²) in [6.07, 6.45) is 4.70. The smallest absolute Gasteiger partial charge is 0.305 e. The zero-order chi connectivity index (χ0) is 20.4. The number of benzene rings is 1. The second-order valence-electron chi connectivity index (χ2n) is 7.14. The molecule has 0 aliphatic carbocycles. The van der Waals surface area contributed by atoms with Gasteiger partial charge in [0.05, 0.1) is 7.11 Å². The van der Waals surface area contributed by atoms with Gasteiger partial charge >= 0.3 is 5.97 Å². The van der Waals surface area contributed by atoms with E-state index in [0.29, 0.717) is 24.8 Å². The van der Waals surface area contributed by atoms with Crippen molar-refractivity contribution in [2.24, 2.45) is 0 Å². The van der Waals surface area contributed by atoms with Crippen molar-refractivity contribution < 1.29 is 23.9 Å². The molecular weight excluding hydrogens is 344 g/mol. The highest BCUT2D eigenvalue weighted by molar-refractivity contribution is 6.10. The van der Waals surface area contributed by atoms with Gasteiger partial charge in [-0.15, -0.1) is 0 Å². The SMILES string of the molecule is COC(=O)CCCCCCC(=O)Cc1ccc(C(C)(C(C)=O)C(C)=O)cc1. The molecule has 0 radical (unpaired) electrons. The zero-order valence-electron chi connectivity index (χ0n) is 16.8. The van der Waals surface area contributed by atoms with Crippen LogP contribution in [0.5, 0.6) is 0 Å². The Morgan fingerprint density at radius 2 is 1.37 bits per heavy atom. The van der Waals surface area contributed by atoms with Gasteiger partial charge < -0.3 is 4.74 Å². The number of methoxy groups -OCH3 is 1. The third-order valence-electron chi connectivity index (χ3n) is 5.16. The molecule has 0 amide bonds. The molecule has 0 bridgehead atoms. The second-order valence-corrected chi connectivity index (χ2v) is 7.14. The van der Waals surface area contributed by atoms with Gasteiger partial charge in [0.25, 0.3) is 0 Å². The van der Waals surface area contributed by atoms with Crippen LogP contribution in [0.2, 0.25) is 0 Å².